The molecule has 2 aromatic rings. The van der Waals surface area contributed by atoms with E-state index in [1.807, 2.05) is 29.1 Å². The minimum absolute atomic E-state index is 0.306. The van der Waals surface area contributed by atoms with E-state index in [9.17, 15) is 0 Å². The second kappa shape index (κ2) is 5.40. The van der Waals surface area contributed by atoms with Gasteiger partial charge in [0.15, 0.2) is 0 Å². The molecule has 2 aromatic heterocycles. The van der Waals surface area contributed by atoms with Gasteiger partial charge in [-0.2, -0.15) is 5.10 Å². The number of nitrogens with zero attached hydrogens (tertiary/aromatic N) is 3. The standard InChI is InChI=1S/C11H13N5S/c12-11(17)9-3-1-4-10(15-9)13-6-8-16-7-2-5-14-16/h1-5,7H,6,8H2,(H2,12,17)(H,13,15). The number of pyridine rings is 1. The molecule has 2 rings (SSSR count). The highest BCUT2D eigenvalue weighted by Crippen LogP contribution is 2.04. The van der Waals surface area contributed by atoms with Gasteiger partial charge in [-0.05, 0) is 18.2 Å². The van der Waals surface area contributed by atoms with Crippen LogP contribution in [0.25, 0.3) is 0 Å². The molecule has 0 radical (unpaired) electrons. The Bertz CT molecular complexity index is 494. The van der Waals surface area contributed by atoms with Gasteiger partial charge in [0.05, 0.1) is 12.2 Å². The summed E-state index contributed by atoms with van der Waals surface area (Å²) in [6.45, 7) is 1.53. The fraction of sp³-hybridized carbons (Fsp3) is 0.182. The lowest BCUT2D eigenvalue weighted by atomic mass is 10.3. The maximum absolute atomic E-state index is 5.52. The molecule has 0 aliphatic heterocycles. The van der Waals surface area contributed by atoms with Crippen molar-refractivity contribution in [2.45, 2.75) is 6.54 Å². The van der Waals surface area contributed by atoms with Gasteiger partial charge in [0.25, 0.3) is 0 Å². The predicted molar refractivity (Wildman–Crippen MR) is 70.8 cm³/mol. The monoisotopic (exact) mass is 247 g/mol. The molecular formula is C11H13N5S. The van der Waals surface area contributed by atoms with Gasteiger partial charge in [0.2, 0.25) is 0 Å². The number of aromatic nitrogens is 3. The van der Waals surface area contributed by atoms with E-state index in [0.717, 1.165) is 18.9 Å². The summed E-state index contributed by atoms with van der Waals surface area (Å²) in [5.74, 6) is 0.766. The molecule has 0 atom stereocenters. The summed E-state index contributed by atoms with van der Waals surface area (Å²) in [6.07, 6.45) is 3.67. The van der Waals surface area contributed by atoms with Gasteiger partial charge in [-0.15, -0.1) is 0 Å². The number of hydrogen-bond donors (Lipinski definition) is 2. The van der Waals surface area contributed by atoms with Crippen molar-refractivity contribution in [2.75, 3.05) is 11.9 Å². The highest BCUT2D eigenvalue weighted by Gasteiger charge is 1.99. The first kappa shape index (κ1) is 11.5. The smallest absolute Gasteiger partial charge is 0.126 e. The Morgan fingerprint density at radius 2 is 2.29 bits per heavy atom. The van der Waals surface area contributed by atoms with Crippen LogP contribution in [-0.2, 0) is 6.54 Å². The third kappa shape index (κ3) is 3.25. The van der Waals surface area contributed by atoms with Crippen LogP contribution >= 0.6 is 12.2 Å². The maximum Gasteiger partial charge on any atom is 0.126 e. The molecule has 3 N–H and O–H groups in total. The second-order valence-corrected chi connectivity index (χ2v) is 3.91. The van der Waals surface area contributed by atoms with Crippen LogP contribution in [0.3, 0.4) is 0 Å². The zero-order valence-electron chi connectivity index (χ0n) is 9.21. The normalized spacial score (nSPS) is 10.1. The minimum atomic E-state index is 0.306. The van der Waals surface area contributed by atoms with E-state index in [4.69, 9.17) is 18.0 Å². The number of thiocarbonyl (C=S) groups is 1. The number of rotatable bonds is 5. The lowest BCUT2D eigenvalue weighted by Crippen LogP contribution is -2.15. The number of nitrogens with one attached hydrogen (secondary N) is 1. The third-order valence-corrected chi connectivity index (χ3v) is 2.42. The molecule has 0 saturated heterocycles. The second-order valence-electron chi connectivity index (χ2n) is 3.47. The van der Waals surface area contributed by atoms with Crippen LogP contribution in [0.2, 0.25) is 0 Å². The highest BCUT2D eigenvalue weighted by atomic mass is 32.1. The van der Waals surface area contributed by atoms with E-state index in [-0.39, 0.29) is 0 Å². The molecule has 5 nitrogen and oxygen atoms in total. The predicted octanol–water partition coefficient (Wildman–Crippen LogP) is 1.02. The van der Waals surface area contributed by atoms with Gasteiger partial charge in [0.1, 0.15) is 10.8 Å². The molecule has 0 fully saturated rings. The van der Waals surface area contributed by atoms with Crippen LogP contribution < -0.4 is 11.1 Å². The number of anilines is 1. The highest BCUT2D eigenvalue weighted by molar-refractivity contribution is 7.80. The van der Waals surface area contributed by atoms with Crippen LogP contribution in [0.15, 0.2) is 36.7 Å². The van der Waals surface area contributed by atoms with Crippen molar-refractivity contribution >= 4 is 23.0 Å². The first-order valence-electron chi connectivity index (χ1n) is 5.24. The van der Waals surface area contributed by atoms with Gasteiger partial charge < -0.3 is 11.1 Å². The molecule has 0 spiro atoms. The first-order valence-corrected chi connectivity index (χ1v) is 5.65. The zero-order valence-corrected chi connectivity index (χ0v) is 10.0. The summed E-state index contributed by atoms with van der Waals surface area (Å²) in [7, 11) is 0. The largest absolute Gasteiger partial charge is 0.388 e. The van der Waals surface area contributed by atoms with Crippen molar-refractivity contribution in [1.29, 1.82) is 0 Å². The average molecular weight is 247 g/mol. The fourth-order valence-electron chi connectivity index (χ4n) is 1.40. The van der Waals surface area contributed by atoms with Gasteiger partial charge >= 0.3 is 0 Å². The van der Waals surface area contributed by atoms with Crippen molar-refractivity contribution in [1.82, 2.24) is 14.8 Å². The van der Waals surface area contributed by atoms with E-state index in [1.165, 1.54) is 0 Å². The van der Waals surface area contributed by atoms with Crippen molar-refractivity contribution in [3.05, 3.63) is 42.4 Å². The summed E-state index contributed by atoms with van der Waals surface area (Å²) in [4.78, 5) is 4.59. The van der Waals surface area contributed by atoms with E-state index >= 15 is 0 Å². The molecule has 2 heterocycles. The number of nitrogens with two attached hydrogens (primary N) is 1. The average Bonchev–Trinajstić information content (AvgIpc) is 2.82. The van der Waals surface area contributed by atoms with Crippen molar-refractivity contribution in [2.24, 2.45) is 5.73 Å². The van der Waals surface area contributed by atoms with E-state index < -0.39 is 0 Å². The first-order chi connectivity index (χ1) is 8.25. The van der Waals surface area contributed by atoms with Crippen LogP contribution in [-0.4, -0.2) is 26.3 Å². The van der Waals surface area contributed by atoms with Crippen LogP contribution in [0, 0.1) is 0 Å². The molecule has 88 valence electrons. The van der Waals surface area contributed by atoms with Crippen LogP contribution in [0.5, 0.6) is 0 Å². The topological polar surface area (TPSA) is 68.8 Å². The summed E-state index contributed by atoms with van der Waals surface area (Å²) in [6, 6.07) is 7.44. The summed E-state index contributed by atoms with van der Waals surface area (Å²) in [5.41, 5.74) is 6.14. The Kier molecular flexibility index (Phi) is 3.66. The Morgan fingerprint density at radius 3 is 3.00 bits per heavy atom. The van der Waals surface area contributed by atoms with Crippen LogP contribution in [0.4, 0.5) is 5.82 Å². The van der Waals surface area contributed by atoms with Crippen molar-refractivity contribution in [3.8, 4) is 0 Å². The third-order valence-electron chi connectivity index (χ3n) is 2.21. The van der Waals surface area contributed by atoms with Crippen molar-refractivity contribution in [3.63, 3.8) is 0 Å². The fourth-order valence-corrected chi connectivity index (χ4v) is 1.52. The quantitative estimate of drug-likeness (QED) is 0.772. The van der Waals surface area contributed by atoms with Gasteiger partial charge in [-0.25, -0.2) is 4.98 Å². The van der Waals surface area contributed by atoms with E-state index in [2.05, 4.69) is 15.4 Å². The molecular weight excluding hydrogens is 234 g/mol. The lowest BCUT2D eigenvalue weighted by molar-refractivity contribution is 0.637. The summed E-state index contributed by atoms with van der Waals surface area (Å²) in [5, 5.41) is 7.30. The summed E-state index contributed by atoms with van der Waals surface area (Å²) >= 11 is 4.87. The lowest BCUT2D eigenvalue weighted by Gasteiger charge is -2.06. The van der Waals surface area contributed by atoms with Crippen LogP contribution in [0.1, 0.15) is 5.69 Å². The van der Waals surface area contributed by atoms with E-state index in [1.54, 1.807) is 12.3 Å². The molecule has 0 aliphatic carbocycles. The molecule has 0 unspecified atom stereocenters. The Morgan fingerprint density at radius 1 is 1.41 bits per heavy atom. The molecule has 17 heavy (non-hydrogen) atoms. The SMILES string of the molecule is NC(=S)c1cccc(NCCn2cccn2)n1. The minimum Gasteiger partial charge on any atom is -0.388 e. The Labute approximate surface area is 105 Å². The molecule has 0 amide bonds. The molecule has 6 heteroatoms. The van der Waals surface area contributed by atoms with Crippen molar-refractivity contribution < 1.29 is 0 Å². The summed E-state index contributed by atoms with van der Waals surface area (Å²) < 4.78 is 1.85. The Hall–Kier alpha value is -1.95. The van der Waals surface area contributed by atoms with Gasteiger partial charge in [0, 0.05) is 18.9 Å². The Balaban J connectivity index is 1.90. The van der Waals surface area contributed by atoms with Gasteiger partial charge in [-0.3, -0.25) is 4.68 Å². The molecule has 0 aromatic carbocycles. The molecule has 0 aliphatic rings. The maximum atomic E-state index is 5.52. The molecule has 0 bridgehead atoms. The van der Waals surface area contributed by atoms with E-state index in [0.29, 0.717) is 10.7 Å². The zero-order chi connectivity index (χ0) is 12.1. The number of hydrogen-bond acceptors (Lipinski definition) is 4. The molecule has 0 saturated carbocycles. The van der Waals surface area contributed by atoms with Gasteiger partial charge in [-0.1, -0.05) is 18.3 Å².